The van der Waals surface area contributed by atoms with Gasteiger partial charge in [0.15, 0.2) is 0 Å². The van der Waals surface area contributed by atoms with Crippen LogP contribution in [-0.4, -0.2) is 22.4 Å². The van der Waals surface area contributed by atoms with Gasteiger partial charge in [0.05, 0.1) is 11.7 Å². The molecule has 2 aliphatic carbocycles. The summed E-state index contributed by atoms with van der Waals surface area (Å²) in [4.78, 5) is 0. The van der Waals surface area contributed by atoms with Crippen LogP contribution in [0.15, 0.2) is 12.3 Å². The summed E-state index contributed by atoms with van der Waals surface area (Å²) in [6.45, 7) is 5.73. The first-order chi connectivity index (χ1) is 9.73. The van der Waals surface area contributed by atoms with Gasteiger partial charge in [-0.15, -0.1) is 0 Å². The highest BCUT2D eigenvalue weighted by Crippen LogP contribution is 2.51. The van der Waals surface area contributed by atoms with Crippen molar-refractivity contribution in [2.75, 3.05) is 6.54 Å². The highest BCUT2D eigenvalue weighted by atomic mass is 15.3. The van der Waals surface area contributed by atoms with Gasteiger partial charge in [0.1, 0.15) is 0 Å². The molecule has 0 aliphatic heterocycles. The summed E-state index contributed by atoms with van der Waals surface area (Å²) in [5, 5.41) is 8.55. The summed E-state index contributed by atoms with van der Waals surface area (Å²) in [5.74, 6) is 0. The highest BCUT2D eigenvalue weighted by molar-refractivity contribution is 5.11. The lowest BCUT2D eigenvalue weighted by Crippen LogP contribution is -2.36. The molecule has 1 heterocycles. The van der Waals surface area contributed by atoms with Crippen molar-refractivity contribution in [1.82, 2.24) is 15.1 Å². The maximum atomic E-state index is 4.87. The number of aromatic nitrogens is 2. The number of rotatable bonds is 7. The molecular formula is C17H29N3. The molecule has 0 saturated heterocycles. The summed E-state index contributed by atoms with van der Waals surface area (Å²) in [7, 11) is 0. The molecule has 1 N–H and O–H groups in total. The average molecular weight is 275 g/mol. The molecule has 3 nitrogen and oxygen atoms in total. The largest absolute Gasteiger partial charge is 0.314 e. The lowest BCUT2D eigenvalue weighted by molar-refractivity contribution is 0.345. The summed E-state index contributed by atoms with van der Waals surface area (Å²) >= 11 is 0. The normalized spacial score (nSPS) is 23.1. The Bertz CT molecular complexity index is 427. The van der Waals surface area contributed by atoms with Crippen LogP contribution in [0.5, 0.6) is 0 Å². The van der Waals surface area contributed by atoms with E-state index < -0.39 is 0 Å². The number of hydrogen-bond acceptors (Lipinski definition) is 2. The maximum absolute atomic E-state index is 4.87. The molecule has 0 aromatic carbocycles. The third kappa shape index (κ3) is 2.93. The molecule has 2 fully saturated rings. The minimum atomic E-state index is 0.490. The van der Waals surface area contributed by atoms with Crippen molar-refractivity contribution in [3.05, 3.63) is 18.0 Å². The van der Waals surface area contributed by atoms with E-state index >= 15 is 0 Å². The molecule has 1 aromatic rings. The van der Waals surface area contributed by atoms with Crippen LogP contribution in [0.2, 0.25) is 0 Å². The van der Waals surface area contributed by atoms with E-state index in [0.29, 0.717) is 17.5 Å². The fraction of sp³-hybridized carbons (Fsp3) is 0.824. The fourth-order valence-corrected chi connectivity index (χ4v) is 3.71. The minimum absolute atomic E-state index is 0.490. The Kier molecular flexibility index (Phi) is 4.16. The van der Waals surface area contributed by atoms with Crippen molar-refractivity contribution in [3.63, 3.8) is 0 Å². The zero-order chi connectivity index (χ0) is 14.0. The van der Waals surface area contributed by atoms with E-state index in [2.05, 4.69) is 36.1 Å². The third-order valence-corrected chi connectivity index (χ3v) is 5.41. The second kappa shape index (κ2) is 5.88. The molecule has 0 radical (unpaired) electrons. The van der Waals surface area contributed by atoms with Crippen molar-refractivity contribution in [3.8, 4) is 0 Å². The molecule has 1 aromatic heterocycles. The summed E-state index contributed by atoms with van der Waals surface area (Å²) in [6, 6.07) is 3.55. The number of nitrogens with one attached hydrogen (secondary N) is 1. The fourth-order valence-electron chi connectivity index (χ4n) is 3.71. The van der Waals surface area contributed by atoms with Gasteiger partial charge in [-0.25, -0.2) is 0 Å². The Labute approximate surface area is 123 Å². The van der Waals surface area contributed by atoms with Crippen LogP contribution in [0.4, 0.5) is 0 Å². The van der Waals surface area contributed by atoms with E-state index in [1.165, 1.54) is 50.6 Å². The Balaban J connectivity index is 1.60. The van der Waals surface area contributed by atoms with E-state index in [-0.39, 0.29) is 0 Å². The second-order valence-electron chi connectivity index (χ2n) is 6.94. The molecule has 0 spiro atoms. The Morgan fingerprint density at radius 2 is 2.15 bits per heavy atom. The first-order valence-corrected chi connectivity index (χ1v) is 8.51. The van der Waals surface area contributed by atoms with Gasteiger partial charge in [-0.3, -0.25) is 4.68 Å². The van der Waals surface area contributed by atoms with Crippen molar-refractivity contribution in [2.45, 2.75) is 77.3 Å². The van der Waals surface area contributed by atoms with Crippen LogP contribution in [0.25, 0.3) is 0 Å². The number of hydrogen-bond donors (Lipinski definition) is 1. The lowest BCUT2D eigenvalue weighted by atomic mass is 9.92. The smallest absolute Gasteiger partial charge is 0.0630 e. The van der Waals surface area contributed by atoms with E-state index in [1.807, 2.05) is 0 Å². The summed E-state index contributed by atoms with van der Waals surface area (Å²) in [5.41, 5.74) is 1.80. The van der Waals surface area contributed by atoms with E-state index in [1.54, 1.807) is 0 Å². The van der Waals surface area contributed by atoms with Crippen LogP contribution in [-0.2, 0) is 6.42 Å². The zero-order valence-electron chi connectivity index (χ0n) is 13.1. The summed E-state index contributed by atoms with van der Waals surface area (Å²) < 4.78 is 2.24. The Hall–Kier alpha value is -0.830. The highest BCUT2D eigenvalue weighted by Gasteiger charge is 2.47. The van der Waals surface area contributed by atoms with Gasteiger partial charge >= 0.3 is 0 Å². The van der Waals surface area contributed by atoms with Crippen molar-refractivity contribution < 1.29 is 0 Å². The standard InChI is InChI=1S/C17H29N3/c1-3-11-18-14(2)17(9-10-17)13-15-8-12-20(19-15)16-6-4-5-7-16/h8,12,14,16,18H,3-7,9-11,13H2,1-2H3. The van der Waals surface area contributed by atoms with Crippen LogP contribution >= 0.6 is 0 Å². The Morgan fingerprint density at radius 1 is 1.40 bits per heavy atom. The van der Waals surface area contributed by atoms with Gasteiger partial charge in [-0.05, 0) is 63.5 Å². The molecule has 3 heteroatoms. The molecule has 1 unspecified atom stereocenters. The monoisotopic (exact) mass is 275 g/mol. The molecule has 112 valence electrons. The van der Waals surface area contributed by atoms with Gasteiger partial charge in [0, 0.05) is 12.2 Å². The van der Waals surface area contributed by atoms with Crippen molar-refractivity contribution in [2.24, 2.45) is 5.41 Å². The molecule has 0 bridgehead atoms. The topological polar surface area (TPSA) is 29.9 Å². The summed E-state index contributed by atoms with van der Waals surface area (Å²) in [6.07, 6.45) is 12.7. The van der Waals surface area contributed by atoms with Gasteiger partial charge in [-0.2, -0.15) is 5.10 Å². The molecular weight excluding hydrogens is 246 g/mol. The van der Waals surface area contributed by atoms with Crippen LogP contribution in [0.3, 0.4) is 0 Å². The number of nitrogens with zero attached hydrogens (tertiary/aromatic N) is 2. The average Bonchev–Trinajstić information content (AvgIpc) is 2.89. The van der Waals surface area contributed by atoms with E-state index in [9.17, 15) is 0 Å². The van der Waals surface area contributed by atoms with Crippen molar-refractivity contribution >= 4 is 0 Å². The predicted octanol–water partition coefficient (Wildman–Crippen LogP) is 3.71. The molecule has 2 saturated carbocycles. The zero-order valence-corrected chi connectivity index (χ0v) is 13.1. The SMILES string of the molecule is CCCNC(C)C1(Cc2ccn(C3CCCC3)n2)CC1. The van der Waals surface area contributed by atoms with Gasteiger partial charge in [-0.1, -0.05) is 19.8 Å². The third-order valence-electron chi connectivity index (χ3n) is 5.41. The molecule has 2 aliphatic rings. The van der Waals surface area contributed by atoms with Gasteiger partial charge in [0.2, 0.25) is 0 Å². The van der Waals surface area contributed by atoms with Crippen LogP contribution < -0.4 is 5.32 Å². The maximum Gasteiger partial charge on any atom is 0.0630 e. The second-order valence-corrected chi connectivity index (χ2v) is 6.94. The van der Waals surface area contributed by atoms with E-state index in [0.717, 1.165) is 13.0 Å². The first-order valence-electron chi connectivity index (χ1n) is 8.51. The van der Waals surface area contributed by atoms with Gasteiger partial charge < -0.3 is 5.32 Å². The van der Waals surface area contributed by atoms with Crippen LogP contribution in [0, 0.1) is 5.41 Å². The van der Waals surface area contributed by atoms with Crippen LogP contribution in [0.1, 0.15) is 70.5 Å². The minimum Gasteiger partial charge on any atom is -0.314 e. The van der Waals surface area contributed by atoms with E-state index in [4.69, 9.17) is 5.10 Å². The lowest BCUT2D eigenvalue weighted by Gasteiger charge is -2.23. The first kappa shape index (κ1) is 14.1. The Morgan fingerprint density at radius 3 is 2.80 bits per heavy atom. The molecule has 1 atom stereocenters. The molecule has 3 rings (SSSR count). The quantitative estimate of drug-likeness (QED) is 0.822. The van der Waals surface area contributed by atoms with Crippen molar-refractivity contribution in [1.29, 1.82) is 0 Å². The molecule has 0 amide bonds. The molecule has 20 heavy (non-hydrogen) atoms. The van der Waals surface area contributed by atoms with Gasteiger partial charge in [0.25, 0.3) is 0 Å². The predicted molar refractivity (Wildman–Crippen MR) is 82.9 cm³/mol.